The van der Waals surface area contributed by atoms with Gasteiger partial charge < -0.3 is 14.2 Å². The molecule has 0 amide bonds. The van der Waals surface area contributed by atoms with Crippen LogP contribution in [0.5, 0.6) is 5.75 Å². The van der Waals surface area contributed by atoms with Crippen LogP contribution in [0.25, 0.3) is 0 Å². The lowest BCUT2D eigenvalue weighted by atomic mass is 10.2. The summed E-state index contributed by atoms with van der Waals surface area (Å²) in [6, 6.07) is 7.07. The average molecular weight is 222 g/mol. The van der Waals surface area contributed by atoms with Crippen molar-refractivity contribution in [2.45, 2.75) is 12.7 Å². The fourth-order valence-electron chi connectivity index (χ4n) is 1.52. The van der Waals surface area contributed by atoms with Crippen LogP contribution < -0.4 is 4.74 Å². The molecular formula is C12H14O4. The third kappa shape index (κ3) is 3.05. The van der Waals surface area contributed by atoms with Gasteiger partial charge in [-0.25, -0.2) is 0 Å². The molecule has 2 rings (SSSR count). The number of rotatable bonds is 5. The molecule has 0 saturated carbocycles. The standard InChI is InChI=1S/C12H14O4/c13-9-10-2-1-3-11(8-10)14-5-4-12-15-6-7-16-12/h1-3,8-9,12H,4-7H2. The van der Waals surface area contributed by atoms with Gasteiger partial charge in [0, 0.05) is 12.0 Å². The van der Waals surface area contributed by atoms with E-state index in [1.165, 1.54) is 0 Å². The minimum absolute atomic E-state index is 0.144. The fraction of sp³-hybridized carbons (Fsp3) is 0.417. The van der Waals surface area contributed by atoms with Crippen LogP contribution in [0, 0.1) is 0 Å². The van der Waals surface area contributed by atoms with E-state index in [2.05, 4.69) is 0 Å². The second kappa shape index (κ2) is 5.63. The molecule has 1 fully saturated rings. The Morgan fingerprint density at radius 3 is 2.94 bits per heavy atom. The highest BCUT2D eigenvalue weighted by atomic mass is 16.7. The van der Waals surface area contributed by atoms with Crippen molar-refractivity contribution in [3.8, 4) is 5.75 Å². The van der Waals surface area contributed by atoms with Crippen LogP contribution in [0.3, 0.4) is 0 Å². The molecule has 1 heterocycles. The first-order valence-corrected chi connectivity index (χ1v) is 5.30. The lowest BCUT2D eigenvalue weighted by molar-refractivity contribution is -0.0531. The number of hydrogen-bond acceptors (Lipinski definition) is 4. The summed E-state index contributed by atoms with van der Waals surface area (Å²) in [5, 5.41) is 0. The molecule has 0 N–H and O–H groups in total. The molecule has 86 valence electrons. The Labute approximate surface area is 94.1 Å². The predicted molar refractivity (Wildman–Crippen MR) is 57.6 cm³/mol. The molecule has 1 aromatic carbocycles. The summed E-state index contributed by atoms with van der Waals surface area (Å²) in [5.74, 6) is 0.697. The van der Waals surface area contributed by atoms with Crippen LogP contribution in [-0.2, 0) is 9.47 Å². The van der Waals surface area contributed by atoms with E-state index in [1.807, 2.05) is 6.07 Å². The van der Waals surface area contributed by atoms with E-state index >= 15 is 0 Å². The Morgan fingerprint density at radius 2 is 2.19 bits per heavy atom. The molecule has 4 heteroatoms. The van der Waals surface area contributed by atoms with E-state index in [-0.39, 0.29) is 6.29 Å². The van der Waals surface area contributed by atoms with Gasteiger partial charge in [0.25, 0.3) is 0 Å². The smallest absolute Gasteiger partial charge is 0.161 e. The maximum atomic E-state index is 10.5. The molecule has 0 unspecified atom stereocenters. The minimum Gasteiger partial charge on any atom is -0.493 e. The Morgan fingerprint density at radius 1 is 1.38 bits per heavy atom. The zero-order valence-electron chi connectivity index (χ0n) is 8.93. The molecule has 1 aliphatic heterocycles. The highest BCUT2D eigenvalue weighted by Crippen LogP contribution is 2.14. The Kier molecular flexibility index (Phi) is 3.91. The van der Waals surface area contributed by atoms with Crippen LogP contribution >= 0.6 is 0 Å². The van der Waals surface area contributed by atoms with Gasteiger partial charge in [0.05, 0.1) is 19.8 Å². The van der Waals surface area contributed by atoms with Crippen LogP contribution in [0.2, 0.25) is 0 Å². The van der Waals surface area contributed by atoms with Crippen LogP contribution in [0.4, 0.5) is 0 Å². The van der Waals surface area contributed by atoms with E-state index in [4.69, 9.17) is 14.2 Å². The second-order valence-corrected chi connectivity index (χ2v) is 3.50. The molecule has 0 spiro atoms. The topological polar surface area (TPSA) is 44.8 Å². The largest absolute Gasteiger partial charge is 0.493 e. The van der Waals surface area contributed by atoms with Crippen molar-refractivity contribution in [3.63, 3.8) is 0 Å². The quantitative estimate of drug-likeness (QED) is 0.710. The summed E-state index contributed by atoms with van der Waals surface area (Å²) in [5.41, 5.74) is 0.617. The molecule has 1 aromatic rings. The summed E-state index contributed by atoms with van der Waals surface area (Å²) in [6.45, 7) is 1.84. The van der Waals surface area contributed by atoms with Crippen LogP contribution in [-0.4, -0.2) is 32.4 Å². The van der Waals surface area contributed by atoms with Gasteiger partial charge in [0.15, 0.2) is 6.29 Å². The zero-order valence-corrected chi connectivity index (χ0v) is 8.93. The summed E-state index contributed by atoms with van der Waals surface area (Å²) in [7, 11) is 0. The van der Waals surface area contributed by atoms with E-state index in [0.717, 1.165) is 6.29 Å². The van der Waals surface area contributed by atoms with Gasteiger partial charge >= 0.3 is 0 Å². The Bertz CT molecular complexity index is 345. The summed E-state index contributed by atoms with van der Waals surface area (Å²) in [4.78, 5) is 10.5. The molecule has 0 bridgehead atoms. The lowest BCUT2D eigenvalue weighted by Gasteiger charge is -2.10. The third-order valence-corrected chi connectivity index (χ3v) is 2.31. The molecule has 1 saturated heterocycles. The number of benzene rings is 1. The van der Waals surface area contributed by atoms with Crippen LogP contribution in [0.1, 0.15) is 16.8 Å². The number of carbonyl (C=O) groups excluding carboxylic acids is 1. The molecule has 0 radical (unpaired) electrons. The number of aldehydes is 1. The van der Waals surface area contributed by atoms with Crippen molar-refractivity contribution in [1.29, 1.82) is 0 Å². The molecule has 0 aromatic heterocycles. The first-order valence-electron chi connectivity index (χ1n) is 5.30. The SMILES string of the molecule is O=Cc1cccc(OCCC2OCCO2)c1. The molecular weight excluding hydrogens is 208 g/mol. The maximum Gasteiger partial charge on any atom is 0.161 e. The lowest BCUT2D eigenvalue weighted by Crippen LogP contribution is -2.12. The van der Waals surface area contributed by atoms with Gasteiger partial charge in [0.1, 0.15) is 12.0 Å². The van der Waals surface area contributed by atoms with Gasteiger partial charge in [-0.15, -0.1) is 0 Å². The van der Waals surface area contributed by atoms with Gasteiger partial charge in [0.2, 0.25) is 0 Å². The number of carbonyl (C=O) groups is 1. The average Bonchev–Trinajstić information content (AvgIpc) is 2.82. The van der Waals surface area contributed by atoms with Crippen molar-refractivity contribution in [2.75, 3.05) is 19.8 Å². The van der Waals surface area contributed by atoms with Gasteiger partial charge in [-0.2, -0.15) is 0 Å². The van der Waals surface area contributed by atoms with Crippen molar-refractivity contribution in [3.05, 3.63) is 29.8 Å². The highest BCUT2D eigenvalue weighted by Gasteiger charge is 2.15. The Hall–Kier alpha value is -1.39. The zero-order chi connectivity index (χ0) is 11.2. The Balaban J connectivity index is 1.77. The highest BCUT2D eigenvalue weighted by molar-refractivity contribution is 5.75. The van der Waals surface area contributed by atoms with Crippen molar-refractivity contribution < 1.29 is 19.0 Å². The first kappa shape index (κ1) is 11.1. The number of ether oxygens (including phenoxy) is 3. The van der Waals surface area contributed by atoms with E-state index in [0.29, 0.717) is 37.6 Å². The fourth-order valence-corrected chi connectivity index (χ4v) is 1.52. The van der Waals surface area contributed by atoms with Crippen molar-refractivity contribution in [2.24, 2.45) is 0 Å². The third-order valence-electron chi connectivity index (χ3n) is 2.31. The van der Waals surface area contributed by atoms with E-state index < -0.39 is 0 Å². The van der Waals surface area contributed by atoms with Crippen LogP contribution in [0.15, 0.2) is 24.3 Å². The van der Waals surface area contributed by atoms with E-state index in [9.17, 15) is 4.79 Å². The molecule has 4 nitrogen and oxygen atoms in total. The van der Waals surface area contributed by atoms with Crippen molar-refractivity contribution in [1.82, 2.24) is 0 Å². The monoisotopic (exact) mass is 222 g/mol. The molecule has 0 atom stereocenters. The summed E-state index contributed by atoms with van der Waals surface area (Å²) < 4.78 is 16.0. The molecule has 0 aliphatic carbocycles. The van der Waals surface area contributed by atoms with E-state index in [1.54, 1.807) is 18.2 Å². The second-order valence-electron chi connectivity index (χ2n) is 3.50. The maximum absolute atomic E-state index is 10.5. The van der Waals surface area contributed by atoms with Gasteiger partial charge in [-0.1, -0.05) is 12.1 Å². The summed E-state index contributed by atoms with van der Waals surface area (Å²) in [6.07, 6.45) is 1.36. The normalized spacial score (nSPS) is 16.2. The summed E-state index contributed by atoms with van der Waals surface area (Å²) >= 11 is 0. The van der Waals surface area contributed by atoms with Gasteiger partial charge in [-0.05, 0) is 12.1 Å². The first-order chi connectivity index (χ1) is 7.88. The molecule has 16 heavy (non-hydrogen) atoms. The molecule has 1 aliphatic rings. The minimum atomic E-state index is -0.144. The number of hydrogen-bond donors (Lipinski definition) is 0. The predicted octanol–water partition coefficient (Wildman–Crippen LogP) is 1.64. The van der Waals surface area contributed by atoms with Gasteiger partial charge in [-0.3, -0.25) is 4.79 Å². The van der Waals surface area contributed by atoms with Crippen molar-refractivity contribution >= 4 is 6.29 Å².